The van der Waals surface area contributed by atoms with Gasteiger partial charge < -0.3 is 10.6 Å². The zero-order valence-electron chi connectivity index (χ0n) is 11.6. The molecule has 3 rings (SSSR count). The molecule has 106 valence electrons. The van der Waals surface area contributed by atoms with Gasteiger partial charge in [0.15, 0.2) is 0 Å². The van der Waals surface area contributed by atoms with E-state index in [4.69, 9.17) is 5.73 Å². The highest BCUT2D eigenvalue weighted by Crippen LogP contribution is 2.37. The van der Waals surface area contributed by atoms with E-state index in [0.717, 1.165) is 19.4 Å². The van der Waals surface area contributed by atoms with Crippen molar-refractivity contribution in [3.63, 3.8) is 0 Å². The molecule has 1 unspecified atom stereocenters. The molecule has 20 heavy (non-hydrogen) atoms. The molecular formula is C16H19BrN2S. The van der Waals surface area contributed by atoms with E-state index in [-0.39, 0.29) is 0 Å². The molecule has 0 saturated carbocycles. The van der Waals surface area contributed by atoms with Crippen molar-refractivity contribution in [1.82, 2.24) is 0 Å². The quantitative estimate of drug-likeness (QED) is 0.901. The Labute approximate surface area is 132 Å². The largest absolute Gasteiger partial charge is 0.364 e. The molecule has 0 fully saturated rings. The number of thiophene rings is 1. The lowest BCUT2D eigenvalue weighted by molar-refractivity contribution is 0.632. The number of nitrogens with zero attached hydrogens (tertiary/aromatic N) is 1. The monoisotopic (exact) mass is 350 g/mol. The zero-order valence-corrected chi connectivity index (χ0v) is 14.0. The van der Waals surface area contributed by atoms with Gasteiger partial charge in [0, 0.05) is 21.6 Å². The Kier molecular flexibility index (Phi) is 4.15. The molecule has 1 aromatic carbocycles. The number of nitrogens with two attached hydrogens (primary N) is 1. The number of rotatable bonds is 3. The summed E-state index contributed by atoms with van der Waals surface area (Å²) in [6.45, 7) is 4.08. The van der Waals surface area contributed by atoms with Crippen molar-refractivity contribution >= 4 is 33.0 Å². The Bertz CT molecular complexity index is 608. The van der Waals surface area contributed by atoms with Crippen LogP contribution in [0.5, 0.6) is 0 Å². The third-order valence-corrected chi connectivity index (χ3v) is 5.79. The van der Waals surface area contributed by atoms with Gasteiger partial charge in [-0.15, -0.1) is 11.3 Å². The van der Waals surface area contributed by atoms with Gasteiger partial charge in [0.05, 0.1) is 6.04 Å². The van der Waals surface area contributed by atoms with Crippen LogP contribution in [0.15, 0.2) is 34.1 Å². The van der Waals surface area contributed by atoms with E-state index in [9.17, 15) is 0 Å². The topological polar surface area (TPSA) is 29.3 Å². The van der Waals surface area contributed by atoms with Crippen LogP contribution < -0.4 is 10.6 Å². The molecule has 2 nitrogen and oxygen atoms in total. The molecule has 2 aromatic rings. The second-order valence-electron chi connectivity index (χ2n) is 5.23. The predicted molar refractivity (Wildman–Crippen MR) is 90.7 cm³/mol. The first-order chi connectivity index (χ1) is 9.70. The van der Waals surface area contributed by atoms with Gasteiger partial charge in [0.2, 0.25) is 0 Å². The number of benzene rings is 1. The number of anilines is 1. The molecule has 1 aliphatic rings. The van der Waals surface area contributed by atoms with Gasteiger partial charge in [0.1, 0.15) is 0 Å². The first kappa shape index (κ1) is 14.1. The summed E-state index contributed by atoms with van der Waals surface area (Å²) in [4.78, 5) is 4.04. The lowest BCUT2D eigenvalue weighted by Gasteiger charge is -2.35. The Morgan fingerprint density at radius 3 is 3.00 bits per heavy atom. The van der Waals surface area contributed by atoms with Crippen LogP contribution >= 0.6 is 27.3 Å². The maximum Gasteiger partial charge on any atom is 0.0525 e. The van der Waals surface area contributed by atoms with Crippen LogP contribution in [0.25, 0.3) is 0 Å². The fourth-order valence-corrected chi connectivity index (χ4v) is 4.46. The molecule has 2 heterocycles. The fraction of sp³-hybridized carbons (Fsp3) is 0.375. The summed E-state index contributed by atoms with van der Waals surface area (Å²) in [7, 11) is 0. The Hall–Kier alpha value is -0.840. The number of halogens is 1. The van der Waals surface area contributed by atoms with Crippen LogP contribution in [0.1, 0.15) is 29.0 Å². The molecule has 0 radical (unpaired) electrons. The average Bonchev–Trinajstić information content (AvgIpc) is 2.91. The molecule has 4 heteroatoms. The maximum absolute atomic E-state index is 5.64. The molecule has 0 aliphatic carbocycles. The second-order valence-corrected chi connectivity index (χ2v) is 7.09. The molecule has 0 spiro atoms. The molecule has 1 atom stereocenters. The third-order valence-electron chi connectivity index (χ3n) is 4.06. The molecule has 1 aliphatic heterocycles. The minimum Gasteiger partial charge on any atom is -0.364 e. The third kappa shape index (κ3) is 2.52. The Morgan fingerprint density at radius 2 is 2.25 bits per heavy atom. The second kappa shape index (κ2) is 5.88. The zero-order chi connectivity index (χ0) is 14.1. The van der Waals surface area contributed by atoms with Crippen molar-refractivity contribution < 1.29 is 0 Å². The molecule has 0 amide bonds. The van der Waals surface area contributed by atoms with E-state index < -0.39 is 0 Å². The van der Waals surface area contributed by atoms with Crippen molar-refractivity contribution in [2.45, 2.75) is 25.8 Å². The fourth-order valence-electron chi connectivity index (χ4n) is 2.94. The van der Waals surface area contributed by atoms with Gasteiger partial charge in [-0.1, -0.05) is 22.0 Å². The van der Waals surface area contributed by atoms with Gasteiger partial charge in [0.25, 0.3) is 0 Å². The SMILES string of the molecule is CC1c2ccsc2CCN1c1ccc(CCN)c(Br)c1. The van der Waals surface area contributed by atoms with Gasteiger partial charge in [-0.3, -0.25) is 0 Å². The molecular weight excluding hydrogens is 332 g/mol. The number of fused-ring (bicyclic) bond motifs is 1. The highest BCUT2D eigenvalue weighted by Gasteiger charge is 2.25. The summed E-state index contributed by atoms with van der Waals surface area (Å²) >= 11 is 5.57. The van der Waals surface area contributed by atoms with E-state index in [0.29, 0.717) is 12.6 Å². The van der Waals surface area contributed by atoms with Crippen LogP contribution in [0.4, 0.5) is 5.69 Å². The Morgan fingerprint density at radius 1 is 1.40 bits per heavy atom. The van der Waals surface area contributed by atoms with Crippen LogP contribution in [-0.4, -0.2) is 13.1 Å². The first-order valence-electron chi connectivity index (χ1n) is 7.02. The first-order valence-corrected chi connectivity index (χ1v) is 8.69. The van der Waals surface area contributed by atoms with Gasteiger partial charge in [-0.05, 0) is 61.0 Å². The van der Waals surface area contributed by atoms with Gasteiger partial charge in [-0.2, -0.15) is 0 Å². The predicted octanol–water partition coefficient (Wildman–Crippen LogP) is 4.14. The van der Waals surface area contributed by atoms with E-state index >= 15 is 0 Å². The number of hydrogen-bond acceptors (Lipinski definition) is 3. The number of hydrogen-bond donors (Lipinski definition) is 1. The van der Waals surface area contributed by atoms with Crippen molar-refractivity contribution in [3.8, 4) is 0 Å². The van der Waals surface area contributed by atoms with Crippen molar-refractivity contribution in [2.75, 3.05) is 18.0 Å². The van der Waals surface area contributed by atoms with Crippen molar-refractivity contribution in [1.29, 1.82) is 0 Å². The van der Waals surface area contributed by atoms with Crippen molar-refractivity contribution in [3.05, 3.63) is 50.1 Å². The van der Waals surface area contributed by atoms with E-state index in [1.807, 2.05) is 11.3 Å². The summed E-state index contributed by atoms with van der Waals surface area (Å²) in [6, 6.07) is 9.39. The van der Waals surface area contributed by atoms with E-state index in [1.165, 1.54) is 21.3 Å². The highest BCUT2D eigenvalue weighted by atomic mass is 79.9. The maximum atomic E-state index is 5.64. The van der Waals surface area contributed by atoms with Crippen LogP contribution in [0.3, 0.4) is 0 Å². The average molecular weight is 351 g/mol. The Balaban J connectivity index is 1.89. The summed E-state index contributed by atoms with van der Waals surface area (Å²) in [6.07, 6.45) is 2.07. The molecule has 1 aromatic heterocycles. The summed E-state index contributed by atoms with van der Waals surface area (Å²) in [5, 5.41) is 2.21. The van der Waals surface area contributed by atoms with Crippen LogP contribution in [-0.2, 0) is 12.8 Å². The standard InChI is InChI=1S/C16H19BrN2S/c1-11-14-6-9-20-16(14)5-8-19(11)13-3-2-12(4-7-18)15(17)10-13/h2-3,6,9-11H,4-5,7-8,18H2,1H3. The minimum absolute atomic E-state index is 0.456. The lowest BCUT2D eigenvalue weighted by Crippen LogP contribution is -2.33. The summed E-state index contributed by atoms with van der Waals surface area (Å²) in [5.41, 5.74) is 9.72. The van der Waals surface area contributed by atoms with E-state index in [1.54, 1.807) is 4.88 Å². The van der Waals surface area contributed by atoms with Crippen LogP contribution in [0, 0.1) is 0 Å². The highest BCUT2D eigenvalue weighted by molar-refractivity contribution is 9.10. The van der Waals surface area contributed by atoms with Gasteiger partial charge >= 0.3 is 0 Å². The van der Waals surface area contributed by atoms with Gasteiger partial charge in [-0.25, -0.2) is 0 Å². The van der Waals surface area contributed by atoms with E-state index in [2.05, 4.69) is 57.4 Å². The lowest BCUT2D eigenvalue weighted by atomic mass is 10.0. The molecule has 2 N–H and O–H groups in total. The van der Waals surface area contributed by atoms with Crippen molar-refractivity contribution in [2.24, 2.45) is 5.73 Å². The molecule has 0 saturated heterocycles. The summed E-state index contributed by atoms with van der Waals surface area (Å²) < 4.78 is 1.17. The smallest absolute Gasteiger partial charge is 0.0525 e. The normalized spacial score (nSPS) is 18.1. The minimum atomic E-state index is 0.456. The summed E-state index contributed by atoms with van der Waals surface area (Å²) in [5.74, 6) is 0. The molecule has 0 bridgehead atoms. The van der Waals surface area contributed by atoms with Crippen LogP contribution in [0.2, 0.25) is 0 Å².